The van der Waals surface area contributed by atoms with Gasteiger partial charge < -0.3 is 0 Å². The highest BCUT2D eigenvalue weighted by molar-refractivity contribution is 6.31. The molecule has 0 radical (unpaired) electrons. The van der Waals surface area contributed by atoms with E-state index in [1.807, 2.05) is 0 Å². The zero-order valence-electron chi connectivity index (χ0n) is 11.6. The first-order valence-corrected chi connectivity index (χ1v) is 6.91. The number of hydrogen-bond acceptors (Lipinski definition) is 4. The Balaban J connectivity index is 2.09. The fourth-order valence-corrected chi connectivity index (χ4v) is 2.43. The highest BCUT2D eigenvalue weighted by atomic mass is 35.5. The lowest BCUT2D eigenvalue weighted by molar-refractivity contribution is -0.384. The molecule has 0 unspecified atom stereocenters. The van der Waals surface area contributed by atoms with Gasteiger partial charge in [0.1, 0.15) is 5.82 Å². The molecule has 0 spiro atoms. The highest BCUT2D eigenvalue weighted by Crippen LogP contribution is 2.19. The second-order valence-corrected chi connectivity index (χ2v) is 5.28. The topological polar surface area (TPSA) is 78.0 Å². The van der Waals surface area contributed by atoms with Crippen LogP contribution in [0.2, 0.25) is 5.02 Å². The predicted octanol–water partition coefficient (Wildman–Crippen LogP) is 3.15. The van der Waals surface area contributed by atoms with E-state index in [1.54, 1.807) is 0 Å². The summed E-state index contributed by atoms with van der Waals surface area (Å²) in [4.78, 5) is 26.8. The molecule has 1 aromatic heterocycles. The molecule has 0 aliphatic carbocycles. The van der Waals surface area contributed by atoms with Crippen LogP contribution >= 0.6 is 11.6 Å². The van der Waals surface area contributed by atoms with Gasteiger partial charge in [-0.3, -0.25) is 19.5 Å². The molecule has 3 rings (SSSR count). The quantitative estimate of drug-likeness (QED) is 0.545. The molecule has 0 amide bonds. The Hall–Kier alpha value is -2.80. The maximum Gasteiger partial charge on any atom is 0.270 e. The maximum absolute atomic E-state index is 13.1. The fourth-order valence-electron chi connectivity index (χ4n) is 2.21. The second-order valence-electron chi connectivity index (χ2n) is 4.87. The van der Waals surface area contributed by atoms with Crippen LogP contribution in [0.3, 0.4) is 0 Å². The van der Waals surface area contributed by atoms with Crippen LogP contribution in [-0.2, 0) is 6.54 Å². The molecule has 0 fully saturated rings. The molecule has 8 heteroatoms. The number of aromatic nitrogens is 2. The zero-order chi connectivity index (χ0) is 16.6. The molecule has 0 saturated heterocycles. The first kappa shape index (κ1) is 15.1. The van der Waals surface area contributed by atoms with Gasteiger partial charge in [0, 0.05) is 17.2 Å². The van der Waals surface area contributed by atoms with E-state index in [9.17, 15) is 19.3 Å². The Kier molecular flexibility index (Phi) is 3.79. The van der Waals surface area contributed by atoms with Crippen molar-refractivity contribution in [2.24, 2.45) is 0 Å². The predicted molar refractivity (Wildman–Crippen MR) is 83.2 cm³/mol. The normalized spacial score (nSPS) is 10.9. The monoisotopic (exact) mass is 333 g/mol. The fraction of sp³-hybridized carbons (Fsp3) is 0.0667. The van der Waals surface area contributed by atoms with E-state index in [4.69, 9.17) is 11.6 Å². The van der Waals surface area contributed by atoms with Crippen molar-refractivity contribution in [2.45, 2.75) is 6.54 Å². The van der Waals surface area contributed by atoms with Gasteiger partial charge >= 0.3 is 0 Å². The molecule has 0 aliphatic rings. The summed E-state index contributed by atoms with van der Waals surface area (Å²) < 4.78 is 14.3. The highest BCUT2D eigenvalue weighted by Gasteiger charge is 2.12. The molecule has 0 N–H and O–H groups in total. The molecule has 0 atom stereocenters. The number of fused-ring (bicyclic) bond motifs is 1. The number of rotatable bonds is 3. The van der Waals surface area contributed by atoms with Crippen LogP contribution in [0, 0.1) is 15.9 Å². The van der Waals surface area contributed by atoms with Crippen molar-refractivity contribution in [1.29, 1.82) is 0 Å². The number of nitrogens with zero attached hydrogens (tertiary/aromatic N) is 3. The molecule has 1 heterocycles. The number of benzene rings is 2. The van der Waals surface area contributed by atoms with Crippen LogP contribution in [0.5, 0.6) is 0 Å². The number of nitro groups is 1. The average molecular weight is 334 g/mol. The van der Waals surface area contributed by atoms with Crippen LogP contribution in [0.25, 0.3) is 10.9 Å². The zero-order valence-corrected chi connectivity index (χ0v) is 12.3. The van der Waals surface area contributed by atoms with Gasteiger partial charge in [-0.05, 0) is 23.8 Å². The molecular weight excluding hydrogens is 325 g/mol. The second kappa shape index (κ2) is 5.77. The van der Waals surface area contributed by atoms with E-state index in [0.29, 0.717) is 11.1 Å². The van der Waals surface area contributed by atoms with E-state index < -0.39 is 16.3 Å². The van der Waals surface area contributed by atoms with E-state index in [1.165, 1.54) is 41.2 Å². The molecular formula is C15H9ClFN3O3. The molecule has 0 saturated carbocycles. The van der Waals surface area contributed by atoms with Gasteiger partial charge in [-0.1, -0.05) is 17.7 Å². The summed E-state index contributed by atoms with van der Waals surface area (Å²) in [6.45, 7) is 0.0869. The van der Waals surface area contributed by atoms with Crippen LogP contribution < -0.4 is 5.56 Å². The van der Waals surface area contributed by atoms with Crippen LogP contribution in [0.4, 0.5) is 10.1 Å². The van der Waals surface area contributed by atoms with Gasteiger partial charge in [0.15, 0.2) is 0 Å². The Morgan fingerprint density at radius 2 is 2.04 bits per heavy atom. The maximum atomic E-state index is 13.1. The van der Waals surface area contributed by atoms with Gasteiger partial charge in [0.05, 0.1) is 28.7 Å². The Morgan fingerprint density at radius 1 is 1.26 bits per heavy atom. The average Bonchev–Trinajstić information content (AvgIpc) is 2.52. The SMILES string of the molecule is O=c1c2cc([N+](=O)[O-])ccc2ncn1Cc1ccc(F)cc1Cl. The van der Waals surface area contributed by atoms with Gasteiger partial charge in [-0.2, -0.15) is 0 Å². The van der Waals surface area contributed by atoms with Crippen LogP contribution in [0.1, 0.15) is 5.56 Å². The lowest BCUT2D eigenvalue weighted by Gasteiger charge is -2.08. The summed E-state index contributed by atoms with van der Waals surface area (Å²) in [5, 5.41) is 11.2. The molecule has 3 aromatic rings. The van der Waals surface area contributed by atoms with E-state index in [0.717, 1.165) is 6.07 Å². The largest absolute Gasteiger partial charge is 0.294 e. The first-order valence-electron chi connectivity index (χ1n) is 6.53. The number of non-ortho nitro benzene ring substituents is 1. The smallest absolute Gasteiger partial charge is 0.270 e. The van der Waals surface area contributed by atoms with E-state index in [-0.39, 0.29) is 22.6 Å². The van der Waals surface area contributed by atoms with Gasteiger partial charge in [-0.15, -0.1) is 0 Å². The molecule has 0 aliphatic heterocycles. The van der Waals surface area contributed by atoms with Gasteiger partial charge in [-0.25, -0.2) is 9.37 Å². The minimum atomic E-state index is -0.576. The van der Waals surface area contributed by atoms with Crippen molar-refractivity contribution < 1.29 is 9.31 Å². The minimum absolute atomic E-state index is 0.0869. The third kappa shape index (κ3) is 2.91. The Morgan fingerprint density at radius 3 is 2.74 bits per heavy atom. The summed E-state index contributed by atoms with van der Waals surface area (Å²) in [5.41, 5.74) is 0.289. The summed E-state index contributed by atoms with van der Waals surface area (Å²) in [5.74, 6) is -0.474. The van der Waals surface area contributed by atoms with Crippen LogP contribution in [-0.4, -0.2) is 14.5 Å². The number of hydrogen-bond donors (Lipinski definition) is 0. The third-order valence-electron chi connectivity index (χ3n) is 3.37. The van der Waals surface area contributed by atoms with E-state index in [2.05, 4.69) is 4.98 Å². The Bertz CT molecular complexity index is 987. The van der Waals surface area contributed by atoms with Crippen molar-refractivity contribution in [3.05, 3.63) is 79.6 Å². The molecule has 2 aromatic carbocycles. The molecule has 116 valence electrons. The number of halogens is 2. The third-order valence-corrected chi connectivity index (χ3v) is 3.73. The number of nitro benzene ring substituents is 1. The first-order chi connectivity index (χ1) is 11.0. The van der Waals surface area contributed by atoms with Crippen molar-refractivity contribution >= 4 is 28.2 Å². The molecule has 23 heavy (non-hydrogen) atoms. The van der Waals surface area contributed by atoms with Crippen molar-refractivity contribution in [3.63, 3.8) is 0 Å². The minimum Gasteiger partial charge on any atom is -0.294 e. The lowest BCUT2D eigenvalue weighted by Crippen LogP contribution is -2.21. The molecule has 0 bridgehead atoms. The summed E-state index contributed by atoms with van der Waals surface area (Å²) in [6.07, 6.45) is 1.33. The molecule has 6 nitrogen and oxygen atoms in total. The Labute approximate surface area is 133 Å². The summed E-state index contributed by atoms with van der Waals surface area (Å²) >= 11 is 5.95. The van der Waals surface area contributed by atoms with Crippen LogP contribution in [0.15, 0.2) is 47.5 Å². The van der Waals surface area contributed by atoms with Crippen molar-refractivity contribution in [3.8, 4) is 0 Å². The van der Waals surface area contributed by atoms with Crippen molar-refractivity contribution in [1.82, 2.24) is 9.55 Å². The summed E-state index contributed by atoms with van der Waals surface area (Å²) in [6, 6.07) is 7.77. The standard InChI is InChI=1S/C15H9ClFN3O3/c16-13-5-10(17)2-1-9(13)7-19-8-18-14-4-3-11(20(22)23)6-12(14)15(19)21/h1-6,8H,7H2. The summed E-state index contributed by atoms with van der Waals surface area (Å²) in [7, 11) is 0. The lowest BCUT2D eigenvalue weighted by atomic mass is 10.2. The van der Waals surface area contributed by atoms with Gasteiger partial charge in [0.2, 0.25) is 0 Å². The van der Waals surface area contributed by atoms with Gasteiger partial charge in [0.25, 0.3) is 11.2 Å². The van der Waals surface area contributed by atoms with Crippen molar-refractivity contribution in [2.75, 3.05) is 0 Å². The van der Waals surface area contributed by atoms with E-state index >= 15 is 0 Å².